The topological polar surface area (TPSA) is 21.8 Å². The number of aryl methyl sites for hydroxylation is 1. The first-order valence-corrected chi connectivity index (χ1v) is 6.58. The summed E-state index contributed by atoms with van der Waals surface area (Å²) in [6, 6.07) is 8.02. The van der Waals surface area contributed by atoms with E-state index in [0.717, 1.165) is 12.4 Å². The summed E-state index contributed by atoms with van der Waals surface area (Å²) in [6.45, 7) is 11.8. The average molecular weight is 270 g/mol. The zero-order valence-corrected chi connectivity index (χ0v) is 11.8. The lowest BCUT2D eigenvalue weighted by atomic mass is 10.2. The van der Waals surface area contributed by atoms with Crippen LogP contribution in [0, 0.1) is 6.92 Å². The summed E-state index contributed by atoms with van der Waals surface area (Å²) in [5.74, 6) is 0.966. The van der Waals surface area contributed by atoms with E-state index in [9.17, 15) is 0 Å². The molecule has 1 heterocycles. The zero-order valence-electron chi connectivity index (χ0n) is 11.8. The van der Waals surface area contributed by atoms with Crippen LogP contribution < -0.4 is 4.74 Å². The molecule has 1 aliphatic rings. The lowest BCUT2D eigenvalue weighted by Gasteiger charge is -2.06. The third-order valence-electron chi connectivity index (χ3n) is 1.92. The number of rotatable bonds is 3. The van der Waals surface area contributed by atoms with Crippen molar-refractivity contribution in [1.29, 1.82) is 0 Å². The van der Waals surface area contributed by atoms with Gasteiger partial charge in [0.2, 0.25) is 0 Å². The number of para-hydroxylation sites is 1. The fourth-order valence-corrected chi connectivity index (χ4v) is 1.07. The SMILES string of the molecule is C.C.CC.CCC.Cc1ccccc1OCC1CO1. The maximum absolute atomic E-state index is 5.54. The molecule has 0 spiro atoms. The summed E-state index contributed by atoms with van der Waals surface area (Å²) >= 11 is 0. The molecule has 0 saturated carbocycles. The molecule has 0 bridgehead atoms. The van der Waals surface area contributed by atoms with E-state index < -0.39 is 0 Å². The Morgan fingerprint density at radius 1 is 1.16 bits per heavy atom. The Bertz CT molecular complexity index is 280. The van der Waals surface area contributed by atoms with E-state index in [-0.39, 0.29) is 14.9 Å². The Balaban J connectivity index is -0.000000327. The molecule has 2 rings (SSSR count). The molecule has 1 unspecified atom stereocenters. The van der Waals surface area contributed by atoms with Gasteiger partial charge in [0.15, 0.2) is 0 Å². The maximum atomic E-state index is 5.54. The zero-order chi connectivity index (χ0) is 13.1. The molecule has 0 amide bonds. The first-order chi connectivity index (χ1) is 8.27. The van der Waals surface area contributed by atoms with E-state index in [1.54, 1.807) is 0 Å². The van der Waals surface area contributed by atoms with Crippen LogP contribution in [0.25, 0.3) is 0 Å². The second-order valence-electron chi connectivity index (χ2n) is 3.74. The minimum Gasteiger partial charge on any atom is -0.491 e. The number of hydrogen-bond donors (Lipinski definition) is 0. The summed E-state index contributed by atoms with van der Waals surface area (Å²) in [6.07, 6.45) is 1.59. The normalized spacial score (nSPS) is 14.3. The minimum atomic E-state index is 0. The third-order valence-corrected chi connectivity index (χ3v) is 1.92. The first kappa shape index (κ1) is 23.1. The highest BCUT2D eigenvalue weighted by molar-refractivity contribution is 5.31. The van der Waals surface area contributed by atoms with E-state index in [2.05, 4.69) is 13.8 Å². The Morgan fingerprint density at radius 2 is 1.63 bits per heavy atom. The molecule has 19 heavy (non-hydrogen) atoms. The summed E-state index contributed by atoms with van der Waals surface area (Å²) in [4.78, 5) is 0. The van der Waals surface area contributed by atoms with Crippen molar-refractivity contribution in [1.82, 2.24) is 0 Å². The lowest BCUT2D eigenvalue weighted by Crippen LogP contribution is -2.04. The Morgan fingerprint density at radius 3 is 2.05 bits per heavy atom. The minimum absolute atomic E-state index is 0. The van der Waals surface area contributed by atoms with E-state index in [0.29, 0.717) is 12.7 Å². The Hall–Kier alpha value is -1.02. The van der Waals surface area contributed by atoms with Gasteiger partial charge in [-0.1, -0.05) is 67.2 Å². The third kappa shape index (κ3) is 11.8. The van der Waals surface area contributed by atoms with E-state index in [4.69, 9.17) is 9.47 Å². The molecule has 1 saturated heterocycles. The van der Waals surface area contributed by atoms with Gasteiger partial charge in [0.1, 0.15) is 18.5 Å². The second kappa shape index (κ2) is 15.0. The predicted molar refractivity (Wildman–Crippen MR) is 87.2 cm³/mol. The van der Waals surface area contributed by atoms with Gasteiger partial charge in [0, 0.05) is 0 Å². The lowest BCUT2D eigenvalue weighted by molar-refractivity contribution is 0.262. The van der Waals surface area contributed by atoms with E-state index in [1.807, 2.05) is 45.0 Å². The molecule has 114 valence electrons. The molecule has 1 aromatic rings. The number of benzene rings is 1. The van der Waals surface area contributed by atoms with Crippen molar-refractivity contribution in [3.63, 3.8) is 0 Å². The highest BCUT2D eigenvalue weighted by atomic mass is 16.6. The molecule has 1 aliphatic heterocycles. The fourth-order valence-electron chi connectivity index (χ4n) is 1.07. The summed E-state index contributed by atoms with van der Waals surface area (Å²) < 4.78 is 10.6. The van der Waals surface area contributed by atoms with Gasteiger partial charge >= 0.3 is 0 Å². The standard InChI is InChI=1S/C10H12O2.C3H8.C2H6.2CH4/c1-8-4-2-3-5-10(8)12-7-9-6-11-9;1-3-2;1-2;;/h2-5,9H,6-7H2,1H3;3H2,1-2H3;1-2H3;2*1H4. The monoisotopic (exact) mass is 270 g/mol. The van der Waals surface area contributed by atoms with Crippen molar-refractivity contribution in [2.45, 2.75) is 62.0 Å². The Labute approximate surface area is 121 Å². The van der Waals surface area contributed by atoms with Gasteiger partial charge < -0.3 is 9.47 Å². The first-order valence-electron chi connectivity index (χ1n) is 6.58. The molecular formula is C17H34O2. The summed E-state index contributed by atoms with van der Waals surface area (Å²) in [7, 11) is 0. The molecule has 2 heteroatoms. The van der Waals surface area contributed by atoms with Crippen molar-refractivity contribution in [3.05, 3.63) is 29.8 Å². The van der Waals surface area contributed by atoms with Crippen LogP contribution in [-0.4, -0.2) is 19.3 Å². The fraction of sp³-hybridized carbons (Fsp3) is 0.647. The van der Waals surface area contributed by atoms with Gasteiger partial charge in [0.25, 0.3) is 0 Å². The van der Waals surface area contributed by atoms with Crippen LogP contribution in [0.2, 0.25) is 0 Å². The van der Waals surface area contributed by atoms with Gasteiger partial charge in [-0.05, 0) is 18.6 Å². The molecule has 2 nitrogen and oxygen atoms in total. The molecule has 1 atom stereocenters. The van der Waals surface area contributed by atoms with E-state index in [1.165, 1.54) is 12.0 Å². The van der Waals surface area contributed by atoms with Crippen LogP contribution in [0.3, 0.4) is 0 Å². The van der Waals surface area contributed by atoms with Crippen LogP contribution in [-0.2, 0) is 4.74 Å². The molecule has 1 fully saturated rings. The van der Waals surface area contributed by atoms with Crippen LogP contribution in [0.15, 0.2) is 24.3 Å². The molecule has 0 aliphatic carbocycles. The smallest absolute Gasteiger partial charge is 0.122 e. The predicted octanol–water partition coefficient (Wildman–Crippen LogP) is 5.49. The number of ether oxygens (including phenoxy) is 2. The molecule has 1 aromatic carbocycles. The van der Waals surface area contributed by atoms with Crippen LogP contribution in [0.5, 0.6) is 5.75 Å². The van der Waals surface area contributed by atoms with Crippen molar-refractivity contribution < 1.29 is 9.47 Å². The van der Waals surface area contributed by atoms with Gasteiger partial charge in [-0.25, -0.2) is 0 Å². The molecule has 0 radical (unpaired) electrons. The van der Waals surface area contributed by atoms with E-state index >= 15 is 0 Å². The van der Waals surface area contributed by atoms with Crippen molar-refractivity contribution in [2.24, 2.45) is 0 Å². The highest BCUT2D eigenvalue weighted by Crippen LogP contribution is 2.18. The van der Waals surface area contributed by atoms with Gasteiger partial charge in [-0.15, -0.1) is 0 Å². The van der Waals surface area contributed by atoms with Crippen LogP contribution in [0.4, 0.5) is 0 Å². The van der Waals surface area contributed by atoms with Crippen LogP contribution >= 0.6 is 0 Å². The van der Waals surface area contributed by atoms with Crippen molar-refractivity contribution >= 4 is 0 Å². The highest BCUT2D eigenvalue weighted by Gasteiger charge is 2.23. The molecular weight excluding hydrogens is 236 g/mol. The Kier molecular flexibility index (Phi) is 18.3. The second-order valence-corrected chi connectivity index (χ2v) is 3.74. The van der Waals surface area contributed by atoms with Gasteiger partial charge in [0.05, 0.1) is 6.61 Å². The maximum Gasteiger partial charge on any atom is 0.122 e. The van der Waals surface area contributed by atoms with Crippen molar-refractivity contribution in [2.75, 3.05) is 13.2 Å². The largest absolute Gasteiger partial charge is 0.491 e. The number of hydrogen-bond acceptors (Lipinski definition) is 2. The van der Waals surface area contributed by atoms with Gasteiger partial charge in [-0.3, -0.25) is 0 Å². The van der Waals surface area contributed by atoms with Crippen LogP contribution in [0.1, 0.15) is 54.5 Å². The average Bonchev–Trinajstić information content (AvgIpc) is 3.16. The summed E-state index contributed by atoms with van der Waals surface area (Å²) in [5, 5.41) is 0. The molecule has 0 aromatic heterocycles. The van der Waals surface area contributed by atoms with Crippen molar-refractivity contribution in [3.8, 4) is 5.75 Å². The molecule has 0 N–H and O–H groups in total. The number of epoxide rings is 1. The quantitative estimate of drug-likeness (QED) is 0.678. The van der Waals surface area contributed by atoms with Gasteiger partial charge in [-0.2, -0.15) is 0 Å². The summed E-state index contributed by atoms with van der Waals surface area (Å²) in [5.41, 5.74) is 1.18.